The Morgan fingerprint density at radius 3 is 2.41 bits per heavy atom. The average Bonchev–Trinajstić information content (AvgIpc) is 2.80. The number of para-hydroxylation sites is 1. The van der Waals surface area contributed by atoms with E-state index in [-0.39, 0.29) is 12.3 Å². The summed E-state index contributed by atoms with van der Waals surface area (Å²) in [7, 11) is 0. The Bertz CT molecular complexity index is 487. The van der Waals surface area contributed by atoms with Crippen LogP contribution in [0.2, 0.25) is 0 Å². The number of esters is 1. The highest BCUT2D eigenvalue weighted by Crippen LogP contribution is 2.40. The maximum atomic E-state index is 12.5. The molecule has 2 rings (SSSR count). The molecule has 122 valence electrons. The molecule has 1 aromatic rings. The Morgan fingerprint density at radius 1 is 1.18 bits per heavy atom. The van der Waals surface area contributed by atoms with Crippen molar-refractivity contribution in [3.8, 4) is 5.75 Å². The quantitative estimate of drug-likeness (QED) is 0.599. The van der Waals surface area contributed by atoms with Crippen molar-refractivity contribution < 1.29 is 27.4 Å². The number of rotatable bonds is 5. The number of ether oxygens (including phenoxy) is 2. The molecule has 0 aliphatic heterocycles. The zero-order chi connectivity index (χ0) is 16.2. The second kappa shape index (κ2) is 7.13. The third-order valence-corrected chi connectivity index (χ3v) is 4.04. The van der Waals surface area contributed by atoms with Crippen LogP contribution in [0.25, 0.3) is 0 Å². The van der Waals surface area contributed by atoms with Gasteiger partial charge in [0, 0.05) is 0 Å². The lowest BCUT2D eigenvalue weighted by atomic mass is 9.96. The van der Waals surface area contributed by atoms with Crippen molar-refractivity contribution in [1.29, 1.82) is 0 Å². The summed E-state index contributed by atoms with van der Waals surface area (Å²) in [6.45, 7) is 1.84. The lowest BCUT2D eigenvalue weighted by molar-refractivity contribution is -0.351. The van der Waals surface area contributed by atoms with Crippen molar-refractivity contribution in [3.63, 3.8) is 0 Å². The minimum Gasteiger partial charge on any atom is -0.427 e. The summed E-state index contributed by atoms with van der Waals surface area (Å²) in [5, 5.41) is 0. The van der Waals surface area contributed by atoms with Crippen LogP contribution in [0.5, 0.6) is 5.75 Å². The zero-order valence-corrected chi connectivity index (χ0v) is 12.3. The van der Waals surface area contributed by atoms with E-state index >= 15 is 0 Å². The van der Waals surface area contributed by atoms with Gasteiger partial charge < -0.3 is 4.74 Å². The van der Waals surface area contributed by atoms with Gasteiger partial charge in [0.1, 0.15) is 5.75 Å². The summed E-state index contributed by atoms with van der Waals surface area (Å²) in [4.78, 5) is 11.9. The van der Waals surface area contributed by atoms with E-state index in [9.17, 15) is 18.0 Å². The lowest BCUT2D eigenvalue weighted by Gasteiger charge is -2.25. The Morgan fingerprint density at radius 2 is 1.82 bits per heavy atom. The van der Waals surface area contributed by atoms with Crippen LogP contribution in [0, 0.1) is 11.8 Å². The molecule has 3 atom stereocenters. The topological polar surface area (TPSA) is 35.5 Å². The van der Waals surface area contributed by atoms with Crippen molar-refractivity contribution in [2.45, 2.75) is 45.1 Å². The minimum atomic E-state index is -4.68. The van der Waals surface area contributed by atoms with Crippen molar-refractivity contribution in [3.05, 3.63) is 30.3 Å². The Kier molecular flexibility index (Phi) is 5.45. The molecule has 1 aliphatic carbocycles. The summed E-state index contributed by atoms with van der Waals surface area (Å²) in [6, 6.07) is 8.49. The van der Waals surface area contributed by atoms with Gasteiger partial charge in [-0.2, -0.15) is 0 Å². The van der Waals surface area contributed by atoms with Gasteiger partial charge in [-0.15, -0.1) is 13.2 Å². The SMILES string of the molecule is CCC1CCC(CC(=O)Oc2ccccc2)C1OC(F)(F)F. The molecule has 0 aromatic heterocycles. The van der Waals surface area contributed by atoms with Crippen LogP contribution in [-0.2, 0) is 9.53 Å². The first-order valence-electron chi connectivity index (χ1n) is 7.39. The number of benzene rings is 1. The summed E-state index contributed by atoms with van der Waals surface area (Å²) in [6.07, 6.45) is -3.92. The van der Waals surface area contributed by atoms with Crippen LogP contribution < -0.4 is 4.74 Å². The van der Waals surface area contributed by atoms with Crippen LogP contribution >= 0.6 is 0 Å². The Hall–Kier alpha value is -1.56. The van der Waals surface area contributed by atoms with Crippen molar-refractivity contribution >= 4 is 5.97 Å². The highest BCUT2D eigenvalue weighted by molar-refractivity contribution is 5.72. The summed E-state index contributed by atoms with van der Waals surface area (Å²) in [5.41, 5.74) is 0. The first kappa shape index (κ1) is 16.8. The molecule has 0 N–H and O–H groups in total. The largest absolute Gasteiger partial charge is 0.522 e. The van der Waals surface area contributed by atoms with E-state index in [4.69, 9.17) is 4.74 Å². The van der Waals surface area contributed by atoms with E-state index in [0.29, 0.717) is 25.0 Å². The Balaban J connectivity index is 1.96. The molecule has 0 saturated heterocycles. The second-order valence-corrected chi connectivity index (χ2v) is 5.53. The van der Waals surface area contributed by atoms with Crippen molar-refractivity contribution in [1.82, 2.24) is 0 Å². The molecule has 1 saturated carbocycles. The van der Waals surface area contributed by atoms with Gasteiger partial charge in [0.25, 0.3) is 0 Å². The first-order chi connectivity index (χ1) is 10.4. The molecular weight excluding hydrogens is 297 g/mol. The van der Waals surface area contributed by atoms with Gasteiger partial charge in [-0.1, -0.05) is 31.5 Å². The van der Waals surface area contributed by atoms with Gasteiger partial charge in [-0.05, 0) is 36.8 Å². The molecule has 3 unspecified atom stereocenters. The molecule has 3 nitrogen and oxygen atoms in total. The van der Waals surface area contributed by atoms with E-state index in [0.717, 1.165) is 0 Å². The molecule has 6 heteroatoms. The van der Waals surface area contributed by atoms with E-state index in [1.165, 1.54) is 0 Å². The predicted octanol–water partition coefficient (Wildman–Crippen LogP) is 4.32. The molecule has 0 amide bonds. The fraction of sp³-hybridized carbons (Fsp3) is 0.562. The molecular formula is C16H19F3O3. The van der Waals surface area contributed by atoms with Crippen LogP contribution in [0.15, 0.2) is 30.3 Å². The summed E-state index contributed by atoms with van der Waals surface area (Å²) in [5.74, 6) is -0.756. The molecule has 1 aliphatic rings. The number of carbonyl (C=O) groups is 1. The maximum Gasteiger partial charge on any atom is 0.522 e. The molecule has 22 heavy (non-hydrogen) atoms. The van der Waals surface area contributed by atoms with Gasteiger partial charge in [-0.3, -0.25) is 9.53 Å². The van der Waals surface area contributed by atoms with Crippen molar-refractivity contribution in [2.75, 3.05) is 0 Å². The fourth-order valence-corrected chi connectivity index (χ4v) is 3.02. The average molecular weight is 316 g/mol. The molecule has 1 aromatic carbocycles. The number of hydrogen-bond acceptors (Lipinski definition) is 3. The molecule has 0 bridgehead atoms. The summed E-state index contributed by atoms with van der Waals surface area (Å²) >= 11 is 0. The third kappa shape index (κ3) is 4.73. The van der Waals surface area contributed by atoms with Gasteiger partial charge in [-0.25, -0.2) is 0 Å². The lowest BCUT2D eigenvalue weighted by Crippen LogP contribution is -2.33. The standard InChI is InChI=1S/C16H19F3O3/c1-2-11-8-9-12(15(11)22-16(17,18)19)10-14(20)21-13-6-4-3-5-7-13/h3-7,11-12,15H,2,8-10H2,1H3. The van der Waals surface area contributed by atoms with Gasteiger partial charge in [0.05, 0.1) is 12.5 Å². The molecule has 0 radical (unpaired) electrons. The smallest absolute Gasteiger partial charge is 0.427 e. The van der Waals surface area contributed by atoms with Gasteiger partial charge in [0.15, 0.2) is 0 Å². The third-order valence-electron chi connectivity index (χ3n) is 4.04. The number of alkyl halides is 3. The predicted molar refractivity (Wildman–Crippen MR) is 74.1 cm³/mol. The Labute approximate surface area is 127 Å². The van der Waals surface area contributed by atoms with Crippen LogP contribution in [0.3, 0.4) is 0 Å². The van der Waals surface area contributed by atoms with E-state index in [1.54, 1.807) is 30.3 Å². The zero-order valence-electron chi connectivity index (χ0n) is 12.3. The first-order valence-corrected chi connectivity index (χ1v) is 7.39. The molecule has 0 heterocycles. The van der Waals surface area contributed by atoms with Gasteiger partial charge in [0.2, 0.25) is 0 Å². The fourth-order valence-electron chi connectivity index (χ4n) is 3.02. The van der Waals surface area contributed by atoms with Crippen LogP contribution in [0.4, 0.5) is 13.2 Å². The van der Waals surface area contributed by atoms with E-state index < -0.39 is 24.4 Å². The second-order valence-electron chi connectivity index (χ2n) is 5.53. The molecule has 1 fully saturated rings. The normalized spacial score (nSPS) is 25.2. The highest BCUT2D eigenvalue weighted by Gasteiger charge is 2.44. The van der Waals surface area contributed by atoms with E-state index in [1.807, 2.05) is 6.92 Å². The van der Waals surface area contributed by atoms with Gasteiger partial charge >= 0.3 is 12.3 Å². The van der Waals surface area contributed by atoms with Crippen molar-refractivity contribution in [2.24, 2.45) is 11.8 Å². The minimum absolute atomic E-state index is 0.0634. The van der Waals surface area contributed by atoms with Crippen LogP contribution in [0.1, 0.15) is 32.6 Å². The highest BCUT2D eigenvalue weighted by atomic mass is 19.4. The number of hydrogen-bond donors (Lipinski definition) is 0. The molecule has 0 spiro atoms. The van der Waals surface area contributed by atoms with E-state index in [2.05, 4.69) is 4.74 Å². The van der Waals surface area contributed by atoms with Crippen LogP contribution in [-0.4, -0.2) is 18.4 Å². The maximum absolute atomic E-state index is 12.5. The number of halogens is 3. The summed E-state index contributed by atoms with van der Waals surface area (Å²) < 4.78 is 47.0. The number of carbonyl (C=O) groups excluding carboxylic acids is 1. The monoisotopic (exact) mass is 316 g/mol.